The molecule has 2 rings (SSSR count). The monoisotopic (exact) mass is 317 g/mol. The van der Waals surface area contributed by atoms with Gasteiger partial charge >= 0.3 is 0 Å². The van der Waals surface area contributed by atoms with Gasteiger partial charge in [0.1, 0.15) is 5.82 Å². The predicted molar refractivity (Wildman–Crippen MR) is 89.8 cm³/mol. The van der Waals surface area contributed by atoms with Crippen LogP contribution in [0.25, 0.3) is 0 Å². The predicted octanol–water partition coefficient (Wildman–Crippen LogP) is 3.09. The molecule has 0 aliphatic heterocycles. The Labute approximate surface area is 137 Å². The molecular formula is C19H24FNO2. The van der Waals surface area contributed by atoms with Crippen LogP contribution in [0.4, 0.5) is 4.39 Å². The van der Waals surface area contributed by atoms with Crippen LogP contribution in [0.15, 0.2) is 54.6 Å². The number of aliphatic hydroxyl groups excluding tert-OH is 1. The molecule has 0 aliphatic rings. The van der Waals surface area contributed by atoms with Gasteiger partial charge in [-0.25, -0.2) is 4.39 Å². The second-order valence-corrected chi connectivity index (χ2v) is 5.79. The van der Waals surface area contributed by atoms with Crippen molar-refractivity contribution in [1.82, 2.24) is 5.32 Å². The summed E-state index contributed by atoms with van der Waals surface area (Å²) in [7, 11) is 1.67. The molecule has 23 heavy (non-hydrogen) atoms. The Morgan fingerprint density at radius 3 is 2.35 bits per heavy atom. The van der Waals surface area contributed by atoms with E-state index in [4.69, 9.17) is 4.74 Å². The molecule has 0 spiro atoms. The molecule has 3 atom stereocenters. The maximum absolute atomic E-state index is 13.0. The summed E-state index contributed by atoms with van der Waals surface area (Å²) < 4.78 is 18.3. The van der Waals surface area contributed by atoms with E-state index in [1.165, 1.54) is 17.7 Å². The highest BCUT2D eigenvalue weighted by molar-refractivity contribution is 5.20. The van der Waals surface area contributed by atoms with Gasteiger partial charge in [-0.3, -0.25) is 0 Å². The van der Waals surface area contributed by atoms with Gasteiger partial charge in [0.25, 0.3) is 0 Å². The lowest BCUT2D eigenvalue weighted by Crippen LogP contribution is -2.43. The van der Waals surface area contributed by atoms with Gasteiger partial charge in [-0.2, -0.15) is 0 Å². The molecule has 0 aliphatic carbocycles. The number of methoxy groups -OCH3 is 1. The number of ether oxygens (including phenoxy) is 1. The first-order valence-electron chi connectivity index (χ1n) is 7.82. The molecular weight excluding hydrogens is 293 g/mol. The average molecular weight is 317 g/mol. The summed E-state index contributed by atoms with van der Waals surface area (Å²) in [6, 6.07) is 16.0. The quantitative estimate of drug-likeness (QED) is 0.786. The molecule has 0 fully saturated rings. The van der Waals surface area contributed by atoms with Crippen LogP contribution < -0.4 is 5.32 Å². The van der Waals surface area contributed by atoms with Crippen LogP contribution in [-0.2, 0) is 11.2 Å². The van der Waals surface area contributed by atoms with E-state index < -0.39 is 6.10 Å². The van der Waals surface area contributed by atoms with E-state index in [9.17, 15) is 9.50 Å². The molecule has 2 aromatic rings. The molecule has 3 unspecified atom stereocenters. The molecule has 4 heteroatoms. The fraction of sp³-hybridized carbons (Fsp3) is 0.368. The summed E-state index contributed by atoms with van der Waals surface area (Å²) in [6.45, 7) is 2.47. The molecule has 3 nitrogen and oxygen atoms in total. The normalized spacial score (nSPS) is 15.1. The molecule has 0 bridgehead atoms. The standard InChI is InChI=1S/C19H24FNO2/c1-14(19(22)16-8-10-17(20)11-9-16)21-18(13-23-2)12-15-6-4-3-5-7-15/h3-11,14,18-19,21-22H,12-13H2,1-2H3. The zero-order valence-electron chi connectivity index (χ0n) is 13.6. The van der Waals surface area contributed by atoms with Crippen LogP contribution >= 0.6 is 0 Å². The SMILES string of the molecule is COCC(Cc1ccccc1)NC(C)C(O)c1ccc(F)cc1. The number of benzene rings is 2. The minimum absolute atomic E-state index is 0.0903. The molecule has 0 aromatic heterocycles. The van der Waals surface area contributed by atoms with Gasteiger partial charge in [-0.1, -0.05) is 42.5 Å². The van der Waals surface area contributed by atoms with Crippen LogP contribution in [0.5, 0.6) is 0 Å². The minimum atomic E-state index is -0.703. The molecule has 2 aromatic carbocycles. The van der Waals surface area contributed by atoms with Crippen molar-refractivity contribution in [3.63, 3.8) is 0 Å². The summed E-state index contributed by atoms with van der Waals surface area (Å²) >= 11 is 0. The summed E-state index contributed by atoms with van der Waals surface area (Å²) in [5.41, 5.74) is 1.91. The van der Waals surface area contributed by atoms with Crippen molar-refractivity contribution in [2.75, 3.05) is 13.7 Å². The third-order valence-corrected chi connectivity index (χ3v) is 3.88. The first-order chi connectivity index (χ1) is 11.1. The van der Waals surface area contributed by atoms with Crippen molar-refractivity contribution in [3.05, 3.63) is 71.5 Å². The highest BCUT2D eigenvalue weighted by atomic mass is 19.1. The maximum Gasteiger partial charge on any atom is 0.123 e. The van der Waals surface area contributed by atoms with Gasteiger partial charge in [0.2, 0.25) is 0 Å². The Morgan fingerprint density at radius 2 is 1.74 bits per heavy atom. The van der Waals surface area contributed by atoms with Crippen molar-refractivity contribution >= 4 is 0 Å². The van der Waals surface area contributed by atoms with Gasteiger partial charge in [-0.15, -0.1) is 0 Å². The zero-order chi connectivity index (χ0) is 16.7. The van der Waals surface area contributed by atoms with Crippen LogP contribution in [0.2, 0.25) is 0 Å². The van der Waals surface area contributed by atoms with E-state index in [0.29, 0.717) is 12.2 Å². The fourth-order valence-electron chi connectivity index (χ4n) is 2.68. The number of hydrogen-bond donors (Lipinski definition) is 2. The van der Waals surface area contributed by atoms with Crippen LogP contribution in [0, 0.1) is 5.82 Å². The Balaban J connectivity index is 1.99. The van der Waals surface area contributed by atoms with E-state index in [0.717, 1.165) is 6.42 Å². The number of aliphatic hydroxyl groups is 1. The second kappa shape index (κ2) is 8.77. The Kier molecular flexibility index (Phi) is 6.71. The molecule has 2 N–H and O–H groups in total. The van der Waals surface area contributed by atoms with Crippen LogP contribution in [-0.4, -0.2) is 30.9 Å². The third-order valence-electron chi connectivity index (χ3n) is 3.88. The third kappa shape index (κ3) is 5.43. The Hall–Kier alpha value is -1.75. The molecule has 0 heterocycles. The van der Waals surface area contributed by atoms with Gasteiger partial charge < -0.3 is 15.2 Å². The number of rotatable bonds is 8. The Bertz CT molecular complexity index is 574. The highest BCUT2D eigenvalue weighted by Crippen LogP contribution is 2.18. The van der Waals surface area contributed by atoms with Crippen molar-refractivity contribution in [1.29, 1.82) is 0 Å². The molecule has 0 amide bonds. The maximum atomic E-state index is 13.0. The van der Waals surface area contributed by atoms with Gasteiger partial charge in [0, 0.05) is 19.2 Å². The first kappa shape index (κ1) is 17.6. The molecule has 124 valence electrons. The number of hydrogen-bond acceptors (Lipinski definition) is 3. The van der Waals surface area contributed by atoms with Crippen molar-refractivity contribution in [2.45, 2.75) is 31.5 Å². The Morgan fingerprint density at radius 1 is 1.09 bits per heavy atom. The van der Waals surface area contributed by atoms with E-state index in [1.54, 1.807) is 19.2 Å². The summed E-state index contributed by atoms with van der Waals surface area (Å²) in [5.74, 6) is -0.303. The van der Waals surface area contributed by atoms with E-state index in [1.807, 2.05) is 25.1 Å². The fourth-order valence-corrected chi connectivity index (χ4v) is 2.68. The lowest BCUT2D eigenvalue weighted by molar-refractivity contribution is 0.108. The van der Waals surface area contributed by atoms with Crippen molar-refractivity contribution in [3.8, 4) is 0 Å². The number of nitrogens with one attached hydrogen (secondary N) is 1. The largest absolute Gasteiger partial charge is 0.387 e. The van der Waals surface area contributed by atoms with Gasteiger partial charge in [-0.05, 0) is 36.6 Å². The van der Waals surface area contributed by atoms with E-state index in [2.05, 4.69) is 17.4 Å². The first-order valence-corrected chi connectivity index (χ1v) is 7.82. The van der Waals surface area contributed by atoms with Crippen LogP contribution in [0.3, 0.4) is 0 Å². The van der Waals surface area contributed by atoms with Crippen molar-refractivity contribution < 1.29 is 14.2 Å². The summed E-state index contributed by atoms with van der Waals surface area (Å²) in [6.07, 6.45) is 0.112. The average Bonchev–Trinajstić information content (AvgIpc) is 2.56. The van der Waals surface area contributed by atoms with Crippen LogP contribution in [0.1, 0.15) is 24.2 Å². The highest BCUT2D eigenvalue weighted by Gasteiger charge is 2.20. The smallest absolute Gasteiger partial charge is 0.123 e. The molecule has 0 saturated carbocycles. The lowest BCUT2D eigenvalue weighted by atomic mass is 10.0. The molecule has 0 saturated heterocycles. The van der Waals surface area contributed by atoms with Gasteiger partial charge in [0.05, 0.1) is 12.7 Å². The molecule has 0 radical (unpaired) electrons. The topological polar surface area (TPSA) is 41.5 Å². The van der Waals surface area contributed by atoms with Gasteiger partial charge in [0.15, 0.2) is 0 Å². The summed E-state index contributed by atoms with van der Waals surface area (Å²) in [5, 5.41) is 13.8. The number of halogens is 1. The lowest BCUT2D eigenvalue weighted by Gasteiger charge is -2.26. The van der Waals surface area contributed by atoms with E-state index >= 15 is 0 Å². The van der Waals surface area contributed by atoms with E-state index in [-0.39, 0.29) is 17.9 Å². The zero-order valence-corrected chi connectivity index (χ0v) is 13.6. The summed E-state index contributed by atoms with van der Waals surface area (Å²) in [4.78, 5) is 0. The second-order valence-electron chi connectivity index (χ2n) is 5.79. The van der Waals surface area contributed by atoms with Crippen molar-refractivity contribution in [2.24, 2.45) is 0 Å². The minimum Gasteiger partial charge on any atom is -0.387 e.